The van der Waals surface area contributed by atoms with Crippen LogP contribution in [0.15, 0.2) is 24.3 Å². The third-order valence-corrected chi connectivity index (χ3v) is 2.77. The van der Waals surface area contributed by atoms with Crippen molar-refractivity contribution in [3.05, 3.63) is 29.8 Å². The van der Waals surface area contributed by atoms with E-state index in [0.29, 0.717) is 0 Å². The molecule has 0 bridgehead atoms. The van der Waals surface area contributed by atoms with Gasteiger partial charge in [0.25, 0.3) is 0 Å². The lowest BCUT2D eigenvalue weighted by Gasteiger charge is -2.18. The van der Waals surface area contributed by atoms with Crippen LogP contribution >= 0.6 is 0 Å². The first-order valence-electron chi connectivity index (χ1n) is 5.96. The summed E-state index contributed by atoms with van der Waals surface area (Å²) < 4.78 is 54.2. The van der Waals surface area contributed by atoms with Crippen LogP contribution in [0.3, 0.4) is 0 Å². The summed E-state index contributed by atoms with van der Waals surface area (Å²) in [5.41, 5.74) is 0.864. The fourth-order valence-electron chi connectivity index (χ4n) is 1.67. The third-order valence-electron chi connectivity index (χ3n) is 2.77. The van der Waals surface area contributed by atoms with Crippen LogP contribution in [0.1, 0.15) is 24.9 Å². The Bertz CT molecular complexity index is 394. The molecule has 0 aromatic heterocycles. The van der Waals surface area contributed by atoms with E-state index >= 15 is 0 Å². The number of hydrogen-bond donors (Lipinski definition) is 1. The first-order valence-corrected chi connectivity index (χ1v) is 5.96. The molecule has 19 heavy (non-hydrogen) atoms. The quantitative estimate of drug-likeness (QED) is 0.769. The SMILES string of the molecule is CCC(NC)c1cccc(OCC(F)(F)C(F)F)c1. The Balaban J connectivity index is 2.72. The van der Waals surface area contributed by atoms with Gasteiger partial charge < -0.3 is 10.1 Å². The maximum atomic E-state index is 12.7. The molecule has 2 nitrogen and oxygen atoms in total. The fraction of sp³-hybridized carbons (Fsp3) is 0.538. The normalized spacial score (nSPS) is 13.6. The van der Waals surface area contributed by atoms with Crippen molar-refractivity contribution in [2.75, 3.05) is 13.7 Å². The lowest BCUT2D eigenvalue weighted by molar-refractivity contribution is -0.148. The summed E-state index contributed by atoms with van der Waals surface area (Å²) in [5, 5.41) is 3.06. The van der Waals surface area contributed by atoms with Crippen molar-refractivity contribution >= 4 is 0 Å². The van der Waals surface area contributed by atoms with E-state index in [9.17, 15) is 17.6 Å². The van der Waals surface area contributed by atoms with Crippen LogP contribution in [0.2, 0.25) is 0 Å². The van der Waals surface area contributed by atoms with Crippen molar-refractivity contribution in [3.63, 3.8) is 0 Å². The smallest absolute Gasteiger partial charge is 0.340 e. The minimum Gasteiger partial charge on any atom is -0.487 e. The first kappa shape index (κ1) is 15.8. The predicted molar refractivity (Wildman–Crippen MR) is 65.0 cm³/mol. The van der Waals surface area contributed by atoms with Gasteiger partial charge in [-0.25, -0.2) is 8.78 Å². The first-order chi connectivity index (χ1) is 8.90. The third kappa shape index (κ3) is 4.38. The van der Waals surface area contributed by atoms with Gasteiger partial charge in [-0.2, -0.15) is 8.78 Å². The van der Waals surface area contributed by atoms with Gasteiger partial charge in [0, 0.05) is 6.04 Å². The molecule has 0 fully saturated rings. The van der Waals surface area contributed by atoms with E-state index in [0.717, 1.165) is 12.0 Å². The molecule has 0 aliphatic heterocycles. The number of nitrogens with one attached hydrogen (secondary N) is 1. The second kappa shape index (κ2) is 6.75. The molecule has 0 saturated carbocycles. The van der Waals surface area contributed by atoms with Crippen molar-refractivity contribution in [2.24, 2.45) is 0 Å². The van der Waals surface area contributed by atoms with E-state index in [4.69, 9.17) is 4.74 Å². The van der Waals surface area contributed by atoms with Gasteiger partial charge in [-0.05, 0) is 31.2 Å². The highest BCUT2D eigenvalue weighted by atomic mass is 19.3. The summed E-state index contributed by atoms with van der Waals surface area (Å²) in [7, 11) is 1.78. The fourth-order valence-corrected chi connectivity index (χ4v) is 1.67. The van der Waals surface area contributed by atoms with Gasteiger partial charge in [0.2, 0.25) is 0 Å². The standard InChI is InChI=1S/C13H17F4NO/c1-3-11(18-2)9-5-4-6-10(7-9)19-8-13(16,17)12(14)15/h4-7,11-12,18H,3,8H2,1-2H3. The average molecular weight is 279 g/mol. The summed E-state index contributed by atoms with van der Waals surface area (Å²) >= 11 is 0. The molecular weight excluding hydrogens is 262 g/mol. The number of ether oxygens (including phenoxy) is 1. The highest BCUT2D eigenvalue weighted by Gasteiger charge is 2.41. The molecular formula is C13H17F4NO. The lowest BCUT2D eigenvalue weighted by Crippen LogP contribution is -2.33. The van der Waals surface area contributed by atoms with Crippen LogP contribution < -0.4 is 10.1 Å². The van der Waals surface area contributed by atoms with E-state index in [2.05, 4.69) is 5.32 Å². The van der Waals surface area contributed by atoms with E-state index < -0.39 is 19.0 Å². The molecule has 1 atom stereocenters. The average Bonchev–Trinajstić information content (AvgIpc) is 2.38. The largest absolute Gasteiger partial charge is 0.487 e. The van der Waals surface area contributed by atoms with Gasteiger partial charge in [-0.3, -0.25) is 0 Å². The van der Waals surface area contributed by atoms with Crippen LogP contribution in [0.25, 0.3) is 0 Å². The van der Waals surface area contributed by atoms with Crippen molar-refractivity contribution in [1.82, 2.24) is 5.32 Å². The molecule has 0 heterocycles. The van der Waals surface area contributed by atoms with Crippen LogP contribution in [0.4, 0.5) is 17.6 Å². The van der Waals surface area contributed by atoms with Crippen molar-refractivity contribution in [3.8, 4) is 5.75 Å². The van der Waals surface area contributed by atoms with E-state index in [1.165, 1.54) is 6.07 Å². The second-order valence-electron chi connectivity index (χ2n) is 4.17. The minimum atomic E-state index is -4.14. The Morgan fingerprint density at radius 1 is 1.32 bits per heavy atom. The number of halogens is 4. The molecule has 6 heteroatoms. The minimum absolute atomic E-state index is 0.0687. The van der Waals surface area contributed by atoms with Crippen LogP contribution in [-0.4, -0.2) is 26.0 Å². The monoisotopic (exact) mass is 279 g/mol. The molecule has 108 valence electrons. The number of rotatable bonds is 7. The summed E-state index contributed by atoms with van der Waals surface area (Å²) in [6.07, 6.45) is -2.91. The molecule has 0 spiro atoms. The Labute approximate surface area is 109 Å². The molecule has 1 rings (SSSR count). The second-order valence-corrected chi connectivity index (χ2v) is 4.17. The van der Waals surface area contributed by atoms with E-state index in [1.54, 1.807) is 19.2 Å². The van der Waals surface area contributed by atoms with Crippen LogP contribution in [0, 0.1) is 0 Å². The van der Waals surface area contributed by atoms with E-state index in [1.807, 2.05) is 13.0 Å². The zero-order valence-electron chi connectivity index (χ0n) is 10.8. The molecule has 1 aromatic carbocycles. The highest BCUT2D eigenvalue weighted by Crippen LogP contribution is 2.26. The number of hydrogen-bond acceptors (Lipinski definition) is 2. The summed E-state index contributed by atoms with van der Waals surface area (Å²) in [6, 6.07) is 6.58. The topological polar surface area (TPSA) is 21.3 Å². The number of alkyl halides is 4. The van der Waals surface area contributed by atoms with Gasteiger partial charge in [-0.1, -0.05) is 19.1 Å². The van der Waals surface area contributed by atoms with Gasteiger partial charge in [0.1, 0.15) is 5.75 Å². The Hall–Kier alpha value is -1.30. The highest BCUT2D eigenvalue weighted by molar-refractivity contribution is 5.30. The summed E-state index contributed by atoms with van der Waals surface area (Å²) in [4.78, 5) is 0. The molecule has 1 N–H and O–H groups in total. The van der Waals surface area contributed by atoms with Gasteiger partial charge in [0.05, 0.1) is 0 Å². The molecule has 0 radical (unpaired) electrons. The van der Waals surface area contributed by atoms with Crippen LogP contribution in [0.5, 0.6) is 5.75 Å². The van der Waals surface area contributed by atoms with Gasteiger partial charge >= 0.3 is 12.3 Å². The molecule has 1 unspecified atom stereocenters. The van der Waals surface area contributed by atoms with Crippen molar-refractivity contribution in [1.29, 1.82) is 0 Å². The van der Waals surface area contributed by atoms with Gasteiger partial charge in [-0.15, -0.1) is 0 Å². The Morgan fingerprint density at radius 3 is 2.53 bits per heavy atom. The van der Waals surface area contributed by atoms with Crippen molar-refractivity contribution < 1.29 is 22.3 Å². The Morgan fingerprint density at radius 2 is 2.00 bits per heavy atom. The molecule has 0 aliphatic rings. The van der Waals surface area contributed by atoms with E-state index in [-0.39, 0.29) is 11.8 Å². The molecule has 0 amide bonds. The van der Waals surface area contributed by atoms with Crippen molar-refractivity contribution in [2.45, 2.75) is 31.7 Å². The molecule has 0 aliphatic carbocycles. The predicted octanol–water partition coefficient (Wildman–Crippen LogP) is 3.64. The molecule has 0 saturated heterocycles. The lowest BCUT2D eigenvalue weighted by atomic mass is 10.0. The Kier molecular flexibility index (Phi) is 5.60. The van der Waals surface area contributed by atoms with Gasteiger partial charge in [0.15, 0.2) is 6.61 Å². The zero-order valence-corrected chi connectivity index (χ0v) is 10.8. The van der Waals surface area contributed by atoms with Crippen LogP contribution in [-0.2, 0) is 0 Å². The maximum Gasteiger partial charge on any atom is 0.340 e. The zero-order chi connectivity index (χ0) is 14.5. The summed E-state index contributed by atoms with van der Waals surface area (Å²) in [5.74, 6) is -3.98. The molecule has 1 aromatic rings. The summed E-state index contributed by atoms with van der Waals surface area (Å²) in [6.45, 7) is 0.643. The number of benzene rings is 1. The maximum absolute atomic E-state index is 12.7.